The number of rotatable bonds is 1. The summed E-state index contributed by atoms with van der Waals surface area (Å²) in [4.78, 5) is 2.74. The Kier molecular flexibility index (Phi) is 3.13. The Morgan fingerprint density at radius 2 is 1.71 bits per heavy atom. The predicted molar refractivity (Wildman–Crippen MR) is 60.5 cm³/mol. The fourth-order valence-electron chi connectivity index (χ4n) is 2.83. The fourth-order valence-corrected chi connectivity index (χ4v) is 2.83. The summed E-state index contributed by atoms with van der Waals surface area (Å²) in [5, 5.41) is 3.46. The van der Waals surface area contributed by atoms with Crippen LogP contribution in [0.5, 0.6) is 0 Å². The second-order valence-electron chi connectivity index (χ2n) is 5.42. The Hall–Kier alpha value is -0.0800. The fraction of sp³-hybridized carbons (Fsp3) is 1.00. The van der Waals surface area contributed by atoms with Crippen molar-refractivity contribution < 1.29 is 0 Å². The van der Waals surface area contributed by atoms with E-state index in [1.165, 1.54) is 51.9 Å². The summed E-state index contributed by atoms with van der Waals surface area (Å²) in [6, 6.07) is 0. The van der Waals surface area contributed by atoms with Crippen LogP contribution in [-0.4, -0.2) is 36.6 Å². The summed E-state index contributed by atoms with van der Waals surface area (Å²) in [7, 11) is 0. The summed E-state index contributed by atoms with van der Waals surface area (Å²) >= 11 is 0. The summed E-state index contributed by atoms with van der Waals surface area (Å²) in [5.74, 6) is 0.955. The maximum atomic E-state index is 3.46. The van der Waals surface area contributed by atoms with Gasteiger partial charge in [0, 0.05) is 5.54 Å². The standard InChI is InChI=1S/C12H24N2/c1-11-3-9-14(10-4-11)12(2)5-7-13-8-6-12/h11,13H,3-10H2,1-2H3. The molecule has 0 amide bonds. The van der Waals surface area contributed by atoms with E-state index in [-0.39, 0.29) is 0 Å². The molecule has 2 aliphatic heterocycles. The molecule has 2 rings (SSSR count). The van der Waals surface area contributed by atoms with Crippen LogP contribution in [0, 0.1) is 5.92 Å². The van der Waals surface area contributed by atoms with Crippen molar-refractivity contribution >= 4 is 0 Å². The smallest absolute Gasteiger partial charge is 0.0205 e. The van der Waals surface area contributed by atoms with Crippen molar-refractivity contribution in [1.82, 2.24) is 10.2 Å². The van der Waals surface area contributed by atoms with Crippen molar-refractivity contribution in [3.05, 3.63) is 0 Å². The third kappa shape index (κ3) is 2.12. The molecule has 0 aromatic rings. The zero-order valence-electron chi connectivity index (χ0n) is 9.68. The highest BCUT2D eigenvalue weighted by atomic mass is 15.2. The molecule has 0 saturated carbocycles. The van der Waals surface area contributed by atoms with Gasteiger partial charge < -0.3 is 5.32 Å². The van der Waals surface area contributed by atoms with Gasteiger partial charge >= 0.3 is 0 Å². The maximum Gasteiger partial charge on any atom is 0.0205 e. The molecule has 0 aliphatic carbocycles. The number of likely N-dealkylation sites (tertiary alicyclic amines) is 1. The lowest BCUT2D eigenvalue weighted by atomic mass is 9.85. The SMILES string of the molecule is CC1CCN(C2(C)CCNCC2)CC1. The summed E-state index contributed by atoms with van der Waals surface area (Å²) in [5.41, 5.74) is 0.505. The minimum Gasteiger partial charge on any atom is -0.317 e. The van der Waals surface area contributed by atoms with Gasteiger partial charge in [-0.3, -0.25) is 4.90 Å². The van der Waals surface area contributed by atoms with Crippen molar-refractivity contribution in [2.45, 2.75) is 45.1 Å². The average Bonchev–Trinajstić information content (AvgIpc) is 2.19. The first kappa shape index (κ1) is 10.4. The zero-order chi connectivity index (χ0) is 10.0. The van der Waals surface area contributed by atoms with E-state index >= 15 is 0 Å². The summed E-state index contributed by atoms with van der Waals surface area (Å²) in [6.07, 6.45) is 5.48. The van der Waals surface area contributed by atoms with Crippen molar-refractivity contribution in [3.63, 3.8) is 0 Å². The van der Waals surface area contributed by atoms with Gasteiger partial charge in [0.05, 0.1) is 0 Å². The van der Waals surface area contributed by atoms with Crippen molar-refractivity contribution in [1.29, 1.82) is 0 Å². The number of nitrogens with zero attached hydrogens (tertiary/aromatic N) is 1. The number of hydrogen-bond acceptors (Lipinski definition) is 2. The number of piperidine rings is 2. The molecule has 82 valence electrons. The van der Waals surface area contributed by atoms with Crippen LogP contribution in [-0.2, 0) is 0 Å². The average molecular weight is 196 g/mol. The second-order valence-corrected chi connectivity index (χ2v) is 5.42. The molecule has 0 radical (unpaired) electrons. The Morgan fingerprint density at radius 3 is 2.29 bits per heavy atom. The van der Waals surface area contributed by atoms with E-state index in [1.54, 1.807) is 0 Å². The molecule has 2 aliphatic rings. The third-order valence-electron chi connectivity index (χ3n) is 4.23. The van der Waals surface area contributed by atoms with E-state index in [4.69, 9.17) is 0 Å². The van der Waals surface area contributed by atoms with Crippen LogP contribution in [0.25, 0.3) is 0 Å². The molecule has 2 fully saturated rings. The minimum atomic E-state index is 0.505. The lowest BCUT2D eigenvalue weighted by Crippen LogP contribution is -2.54. The normalized spacial score (nSPS) is 30.4. The second kappa shape index (κ2) is 4.19. The first-order chi connectivity index (χ1) is 6.71. The quantitative estimate of drug-likeness (QED) is 0.688. The van der Waals surface area contributed by atoms with Crippen LogP contribution in [0.3, 0.4) is 0 Å². The van der Waals surface area contributed by atoms with Gasteiger partial charge in [0.15, 0.2) is 0 Å². The largest absolute Gasteiger partial charge is 0.317 e. The molecule has 2 nitrogen and oxygen atoms in total. The van der Waals surface area contributed by atoms with Crippen molar-refractivity contribution in [2.24, 2.45) is 5.92 Å². The van der Waals surface area contributed by atoms with Crippen LogP contribution < -0.4 is 5.32 Å². The predicted octanol–water partition coefficient (Wildman–Crippen LogP) is 1.86. The first-order valence-corrected chi connectivity index (χ1v) is 6.16. The highest BCUT2D eigenvalue weighted by Gasteiger charge is 2.34. The molecular formula is C12H24N2. The van der Waals surface area contributed by atoms with Gasteiger partial charge in [-0.15, -0.1) is 0 Å². The lowest BCUT2D eigenvalue weighted by molar-refractivity contribution is 0.0416. The highest BCUT2D eigenvalue weighted by Crippen LogP contribution is 2.30. The van der Waals surface area contributed by atoms with Gasteiger partial charge in [-0.1, -0.05) is 6.92 Å². The van der Waals surface area contributed by atoms with Gasteiger partial charge in [0.25, 0.3) is 0 Å². The van der Waals surface area contributed by atoms with E-state index in [0.29, 0.717) is 5.54 Å². The molecule has 0 aromatic carbocycles. The van der Waals surface area contributed by atoms with Crippen molar-refractivity contribution in [2.75, 3.05) is 26.2 Å². The molecule has 0 unspecified atom stereocenters. The molecule has 0 atom stereocenters. The van der Waals surface area contributed by atoms with Gasteiger partial charge in [0.1, 0.15) is 0 Å². The summed E-state index contributed by atoms with van der Waals surface area (Å²) < 4.78 is 0. The van der Waals surface area contributed by atoms with Crippen LogP contribution in [0.1, 0.15) is 39.5 Å². The van der Waals surface area contributed by atoms with Gasteiger partial charge in [0.2, 0.25) is 0 Å². The van der Waals surface area contributed by atoms with Crippen LogP contribution in [0.4, 0.5) is 0 Å². The Morgan fingerprint density at radius 1 is 1.14 bits per heavy atom. The van der Waals surface area contributed by atoms with E-state index in [0.717, 1.165) is 5.92 Å². The monoisotopic (exact) mass is 196 g/mol. The Bertz CT molecular complexity index is 177. The molecule has 0 aromatic heterocycles. The van der Waals surface area contributed by atoms with E-state index < -0.39 is 0 Å². The molecular weight excluding hydrogens is 172 g/mol. The molecule has 2 heteroatoms. The summed E-state index contributed by atoms with van der Waals surface area (Å²) in [6.45, 7) is 9.94. The molecule has 2 saturated heterocycles. The topological polar surface area (TPSA) is 15.3 Å². The molecule has 0 spiro atoms. The number of hydrogen-bond donors (Lipinski definition) is 1. The van der Waals surface area contributed by atoms with E-state index in [9.17, 15) is 0 Å². The molecule has 1 N–H and O–H groups in total. The van der Waals surface area contributed by atoms with E-state index in [1.807, 2.05) is 0 Å². The van der Waals surface area contributed by atoms with Gasteiger partial charge in [-0.05, 0) is 64.7 Å². The zero-order valence-corrected chi connectivity index (χ0v) is 9.68. The maximum absolute atomic E-state index is 3.46. The van der Waals surface area contributed by atoms with E-state index in [2.05, 4.69) is 24.1 Å². The molecule has 2 heterocycles. The van der Waals surface area contributed by atoms with Gasteiger partial charge in [-0.2, -0.15) is 0 Å². The highest BCUT2D eigenvalue weighted by molar-refractivity contribution is 4.92. The third-order valence-corrected chi connectivity index (χ3v) is 4.23. The van der Waals surface area contributed by atoms with Crippen LogP contribution in [0.2, 0.25) is 0 Å². The number of nitrogens with one attached hydrogen (secondary N) is 1. The van der Waals surface area contributed by atoms with Crippen LogP contribution in [0.15, 0.2) is 0 Å². The van der Waals surface area contributed by atoms with Crippen LogP contribution >= 0.6 is 0 Å². The first-order valence-electron chi connectivity index (χ1n) is 6.16. The minimum absolute atomic E-state index is 0.505. The Labute approximate surface area is 88.1 Å². The lowest BCUT2D eigenvalue weighted by Gasteiger charge is -2.47. The Balaban J connectivity index is 1.92. The molecule has 0 bridgehead atoms. The van der Waals surface area contributed by atoms with Crippen molar-refractivity contribution in [3.8, 4) is 0 Å². The van der Waals surface area contributed by atoms with Gasteiger partial charge in [-0.25, -0.2) is 0 Å². The molecule has 14 heavy (non-hydrogen) atoms.